The molecule has 2 aliphatic heterocycles. The van der Waals surface area contributed by atoms with Gasteiger partial charge in [0.1, 0.15) is 11.5 Å². The Morgan fingerprint density at radius 2 is 1.76 bits per heavy atom. The van der Waals surface area contributed by atoms with Crippen LogP contribution in [0.1, 0.15) is 11.5 Å². The largest absolute Gasteiger partial charge is 0.466 e. The number of carbonyl (C=O) groups excluding carboxylic acids is 2. The highest BCUT2D eigenvalue weighted by atomic mass is 19.1. The van der Waals surface area contributed by atoms with Gasteiger partial charge in [0, 0.05) is 12.1 Å². The molecule has 33 heavy (non-hydrogen) atoms. The molecule has 4 rings (SSSR count). The van der Waals surface area contributed by atoms with Crippen molar-refractivity contribution in [3.05, 3.63) is 76.5 Å². The van der Waals surface area contributed by atoms with Crippen LogP contribution in [0.2, 0.25) is 0 Å². The van der Waals surface area contributed by atoms with Crippen LogP contribution in [-0.4, -0.2) is 33.0 Å². The smallest absolute Gasteiger partial charge is 0.355 e. The van der Waals surface area contributed by atoms with Crippen LogP contribution >= 0.6 is 0 Å². The zero-order valence-corrected chi connectivity index (χ0v) is 17.6. The average Bonchev–Trinajstić information content (AvgIpc) is 3.29. The fraction of sp³-hybridized carbons (Fsp3) is 0.174. The van der Waals surface area contributed by atoms with Gasteiger partial charge in [0.2, 0.25) is 6.79 Å². The van der Waals surface area contributed by atoms with Crippen LogP contribution in [0.15, 0.2) is 65.1 Å². The fourth-order valence-corrected chi connectivity index (χ4v) is 3.84. The first-order chi connectivity index (χ1) is 15.9. The summed E-state index contributed by atoms with van der Waals surface area (Å²) in [4.78, 5) is 26.9. The van der Waals surface area contributed by atoms with E-state index >= 15 is 4.39 Å². The van der Waals surface area contributed by atoms with Crippen molar-refractivity contribution < 1.29 is 32.9 Å². The van der Waals surface area contributed by atoms with Gasteiger partial charge in [-0.1, -0.05) is 30.3 Å². The number of allylic oxidation sites excluding steroid dienone is 1. The lowest BCUT2D eigenvalue weighted by Gasteiger charge is -2.36. The molecule has 0 bridgehead atoms. The number of hydrogen-bond donors (Lipinski definition) is 1. The summed E-state index contributed by atoms with van der Waals surface area (Å²) in [5.41, 5.74) is 5.93. The SMILES string of the molecule is COC(=O)C1=C(C(=O)OC)N(c2cc3c(cc2F)OCO3)C(N)=C(C#N)C1c1ccccc1. The summed E-state index contributed by atoms with van der Waals surface area (Å²) in [6.45, 7) is -0.115. The van der Waals surface area contributed by atoms with Gasteiger partial charge in [-0.2, -0.15) is 5.26 Å². The summed E-state index contributed by atoms with van der Waals surface area (Å²) in [5.74, 6) is -3.66. The molecule has 1 unspecified atom stereocenters. The second kappa shape index (κ2) is 8.55. The number of ether oxygens (including phenoxy) is 4. The quantitative estimate of drug-likeness (QED) is 0.698. The van der Waals surface area contributed by atoms with E-state index in [-0.39, 0.29) is 46.6 Å². The number of benzene rings is 2. The normalized spacial score (nSPS) is 17.0. The molecule has 0 aromatic heterocycles. The second-order valence-corrected chi connectivity index (χ2v) is 6.99. The molecule has 1 atom stereocenters. The molecule has 0 aliphatic carbocycles. The van der Waals surface area contributed by atoms with Crippen molar-refractivity contribution >= 4 is 17.6 Å². The van der Waals surface area contributed by atoms with E-state index in [1.54, 1.807) is 30.3 Å². The van der Waals surface area contributed by atoms with Gasteiger partial charge in [-0.05, 0) is 5.56 Å². The van der Waals surface area contributed by atoms with Crippen LogP contribution in [0.25, 0.3) is 0 Å². The first-order valence-electron chi connectivity index (χ1n) is 9.67. The van der Waals surface area contributed by atoms with E-state index in [1.807, 2.05) is 6.07 Å². The van der Waals surface area contributed by atoms with E-state index < -0.39 is 23.7 Å². The van der Waals surface area contributed by atoms with E-state index in [4.69, 9.17) is 24.7 Å². The zero-order chi connectivity index (χ0) is 23.7. The van der Waals surface area contributed by atoms with Crippen LogP contribution in [0, 0.1) is 17.1 Å². The highest BCUT2D eigenvalue weighted by Gasteiger charge is 2.44. The summed E-state index contributed by atoms with van der Waals surface area (Å²) in [6, 6.07) is 12.8. The Bertz CT molecular complexity index is 1250. The molecule has 2 aliphatic rings. The van der Waals surface area contributed by atoms with Gasteiger partial charge in [-0.3, -0.25) is 4.90 Å². The van der Waals surface area contributed by atoms with Crippen LogP contribution in [-0.2, 0) is 19.1 Å². The molecule has 2 aromatic carbocycles. The van der Waals surface area contributed by atoms with Gasteiger partial charge >= 0.3 is 11.9 Å². The molecule has 2 heterocycles. The molecule has 2 N–H and O–H groups in total. The van der Waals surface area contributed by atoms with Crippen molar-refractivity contribution in [1.82, 2.24) is 0 Å². The van der Waals surface area contributed by atoms with Gasteiger partial charge in [0.15, 0.2) is 17.3 Å². The van der Waals surface area contributed by atoms with Crippen molar-refractivity contribution in [2.45, 2.75) is 5.92 Å². The molecule has 9 nitrogen and oxygen atoms in total. The van der Waals surface area contributed by atoms with Crippen LogP contribution in [0.3, 0.4) is 0 Å². The molecule has 168 valence electrons. The van der Waals surface area contributed by atoms with Gasteiger partial charge in [-0.25, -0.2) is 14.0 Å². The Balaban J connectivity index is 2.06. The summed E-state index contributed by atoms with van der Waals surface area (Å²) < 4.78 is 35.5. The summed E-state index contributed by atoms with van der Waals surface area (Å²) in [6.07, 6.45) is 0. The van der Waals surface area contributed by atoms with Crippen molar-refractivity contribution in [1.29, 1.82) is 5.26 Å². The maximum atomic E-state index is 15.2. The topological polar surface area (TPSA) is 124 Å². The van der Waals surface area contributed by atoms with Crippen molar-refractivity contribution in [2.75, 3.05) is 25.9 Å². The van der Waals surface area contributed by atoms with Crippen molar-refractivity contribution in [3.8, 4) is 17.6 Å². The summed E-state index contributed by atoms with van der Waals surface area (Å²) in [7, 11) is 2.24. The molecule has 0 amide bonds. The van der Waals surface area contributed by atoms with Gasteiger partial charge < -0.3 is 24.7 Å². The first-order valence-corrected chi connectivity index (χ1v) is 9.67. The third-order valence-electron chi connectivity index (χ3n) is 5.29. The minimum Gasteiger partial charge on any atom is -0.466 e. The van der Waals surface area contributed by atoms with Crippen LogP contribution in [0.5, 0.6) is 11.5 Å². The lowest BCUT2D eigenvalue weighted by atomic mass is 9.81. The predicted molar refractivity (Wildman–Crippen MR) is 112 cm³/mol. The van der Waals surface area contributed by atoms with Crippen molar-refractivity contribution in [2.24, 2.45) is 5.73 Å². The van der Waals surface area contributed by atoms with Crippen LogP contribution < -0.4 is 20.1 Å². The number of esters is 2. The third-order valence-corrected chi connectivity index (χ3v) is 5.29. The Labute approximate surface area is 188 Å². The number of methoxy groups -OCH3 is 2. The van der Waals surface area contributed by atoms with E-state index in [0.717, 1.165) is 25.2 Å². The van der Waals surface area contributed by atoms with E-state index in [9.17, 15) is 14.9 Å². The Hall–Kier alpha value is -4.52. The van der Waals surface area contributed by atoms with E-state index in [1.165, 1.54) is 6.07 Å². The Morgan fingerprint density at radius 3 is 2.36 bits per heavy atom. The maximum Gasteiger partial charge on any atom is 0.355 e. The molecule has 0 saturated heterocycles. The van der Waals surface area contributed by atoms with Gasteiger partial charge in [0.05, 0.1) is 43.0 Å². The molecular weight excluding hydrogens is 433 g/mol. The predicted octanol–water partition coefficient (Wildman–Crippen LogP) is 2.45. The number of hydrogen-bond acceptors (Lipinski definition) is 9. The number of carbonyl (C=O) groups is 2. The molecule has 0 saturated carbocycles. The zero-order valence-electron chi connectivity index (χ0n) is 17.6. The highest BCUT2D eigenvalue weighted by Crippen LogP contribution is 2.46. The van der Waals surface area contributed by atoms with E-state index in [0.29, 0.717) is 5.56 Å². The average molecular weight is 451 g/mol. The number of rotatable bonds is 4. The number of anilines is 1. The lowest BCUT2D eigenvalue weighted by molar-refractivity contribution is -0.139. The third kappa shape index (κ3) is 3.49. The minimum atomic E-state index is -1.05. The Kier molecular flexibility index (Phi) is 5.62. The summed E-state index contributed by atoms with van der Waals surface area (Å²) >= 11 is 0. The van der Waals surface area contributed by atoms with Crippen molar-refractivity contribution in [3.63, 3.8) is 0 Å². The molecular formula is C23H18FN3O6. The number of fused-ring (bicyclic) bond motifs is 1. The Morgan fingerprint density at radius 1 is 1.12 bits per heavy atom. The fourth-order valence-electron chi connectivity index (χ4n) is 3.84. The standard InChI is InChI=1S/C23H18FN3O6/c1-30-22(28)19-18(12-6-4-3-5-7-12)13(10-25)21(26)27(20(19)23(29)31-2)15-9-17-16(8-14(15)24)32-11-33-17/h3-9,18H,11,26H2,1-2H3. The molecule has 0 fully saturated rings. The van der Waals surface area contributed by atoms with Gasteiger partial charge in [0.25, 0.3) is 0 Å². The van der Waals surface area contributed by atoms with Crippen LogP contribution in [0.4, 0.5) is 10.1 Å². The highest BCUT2D eigenvalue weighted by molar-refractivity contribution is 6.06. The van der Waals surface area contributed by atoms with Gasteiger partial charge in [-0.15, -0.1) is 0 Å². The minimum absolute atomic E-state index is 0.0775. The maximum absolute atomic E-state index is 15.2. The first kappa shape index (κ1) is 21.7. The monoisotopic (exact) mass is 451 g/mol. The second-order valence-electron chi connectivity index (χ2n) is 6.99. The molecule has 0 radical (unpaired) electrons. The number of nitrogens with zero attached hydrogens (tertiary/aromatic N) is 2. The number of nitriles is 1. The van der Waals surface area contributed by atoms with E-state index in [2.05, 4.69) is 0 Å². The summed E-state index contributed by atoms with van der Waals surface area (Å²) in [5, 5.41) is 9.99. The molecule has 0 spiro atoms. The lowest BCUT2D eigenvalue weighted by Crippen LogP contribution is -2.41. The number of halogens is 1. The molecule has 10 heteroatoms. The molecule has 2 aromatic rings. The number of nitrogens with two attached hydrogens (primary N) is 1.